The molecule has 0 saturated carbocycles. The van der Waals surface area contributed by atoms with E-state index in [1.165, 1.54) is 17.5 Å². The Morgan fingerprint density at radius 3 is 2.76 bits per heavy atom. The van der Waals surface area contributed by atoms with E-state index in [0.29, 0.717) is 6.42 Å². The Morgan fingerprint density at radius 2 is 2.24 bits per heavy atom. The van der Waals surface area contributed by atoms with Gasteiger partial charge in [-0.05, 0) is 18.6 Å². The zero-order valence-corrected chi connectivity index (χ0v) is 12.2. The number of nitrogens with one attached hydrogen (secondary N) is 1. The lowest BCUT2D eigenvalue weighted by atomic mass is 10.3. The predicted octanol–water partition coefficient (Wildman–Crippen LogP) is 0.290. The minimum atomic E-state index is -3.97. The highest BCUT2D eigenvalue weighted by Crippen LogP contribution is 2.31. The molecule has 1 aliphatic rings. The van der Waals surface area contributed by atoms with Crippen molar-refractivity contribution in [3.8, 4) is 0 Å². The molecule has 1 fully saturated rings. The molecule has 1 atom stereocenters. The van der Waals surface area contributed by atoms with Gasteiger partial charge < -0.3 is 10.2 Å². The van der Waals surface area contributed by atoms with Crippen molar-refractivity contribution < 1.29 is 18.1 Å². The summed E-state index contributed by atoms with van der Waals surface area (Å²) in [4.78, 5) is 9.95. The topological polar surface area (TPSA) is 128 Å². The van der Waals surface area contributed by atoms with Gasteiger partial charge in [0.05, 0.1) is 16.7 Å². The van der Waals surface area contributed by atoms with Crippen molar-refractivity contribution in [1.29, 1.82) is 0 Å². The van der Waals surface area contributed by atoms with Crippen LogP contribution in [0.5, 0.6) is 0 Å². The van der Waals surface area contributed by atoms with E-state index < -0.39 is 20.6 Å². The number of hydrogen-bond donors (Lipinski definition) is 2. The Morgan fingerprint density at radius 1 is 1.52 bits per heavy atom. The first-order valence-corrected chi connectivity index (χ1v) is 7.62. The molecule has 1 heterocycles. The summed E-state index contributed by atoms with van der Waals surface area (Å²) >= 11 is 0. The average Bonchev–Trinajstić information content (AvgIpc) is 2.96. The molecule has 9 nitrogen and oxygen atoms in total. The van der Waals surface area contributed by atoms with Gasteiger partial charge in [0.1, 0.15) is 0 Å². The molecule has 0 amide bonds. The number of rotatable bonds is 5. The van der Waals surface area contributed by atoms with Gasteiger partial charge in [0, 0.05) is 26.3 Å². The number of benzene rings is 1. The number of nitro benzene ring substituents is 1. The van der Waals surface area contributed by atoms with E-state index in [1.54, 1.807) is 0 Å². The molecular weight excluding hydrogens is 300 g/mol. The van der Waals surface area contributed by atoms with Crippen molar-refractivity contribution in [3.05, 3.63) is 28.3 Å². The van der Waals surface area contributed by atoms with Crippen LogP contribution in [0.2, 0.25) is 0 Å². The number of methoxy groups -OCH3 is 1. The van der Waals surface area contributed by atoms with E-state index in [1.807, 2.05) is 0 Å². The van der Waals surface area contributed by atoms with E-state index in [2.05, 4.69) is 5.43 Å². The maximum atomic E-state index is 12.6. The monoisotopic (exact) mass is 316 g/mol. The zero-order valence-electron chi connectivity index (χ0n) is 11.4. The van der Waals surface area contributed by atoms with Crippen LogP contribution >= 0.6 is 0 Å². The lowest BCUT2D eigenvalue weighted by Crippen LogP contribution is -2.30. The van der Waals surface area contributed by atoms with E-state index >= 15 is 0 Å². The summed E-state index contributed by atoms with van der Waals surface area (Å²) in [5.41, 5.74) is 2.09. The highest BCUT2D eigenvalue weighted by atomic mass is 32.2. The van der Waals surface area contributed by atoms with Crippen molar-refractivity contribution in [1.82, 2.24) is 4.31 Å². The third-order valence-corrected chi connectivity index (χ3v) is 5.28. The van der Waals surface area contributed by atoms with Gasteiger partial charge in [0.2, 0.25) is 10.0 Å². The lowest BCUT2D eigenvalue weighted by Gasteiger charge is -2.16. The largest absolute Gasteiger partial charge is 0.380 e. The first-order chi connectivity index (χ1) is 9.90. The molecule has 1 aliphatic heterocycles. The van der Waals surface area contributed by atoms with Gasteiger partial charge >= 0.3 is 0 Å². The Kier molecular flexibility index (Phi) is 4.42. The van der Waals surface area contributed by atoms with Crippen molar-refractivity contribution >= 4 is 21.4 Å². The Labute approximate surface area is 121 Å². The van der Waals surface area contributed by atoms with Gasteiger partial charge in [0.15, 0.2) is 4.90 Å². The van der Waals surface area contributed by atoms with E-state index in [0.717, 1.165) is 12.1 Å². The molecule has 0 bridgehead atoms. The quantitative estimate of drug-likeness (QED) is 0.454. The summed E-state index contributed by atoms with van der Waals surface area (Å²) in [5.74, 6) is 5.24. The first-order valence-electron chi connectivity index (χ1n) is 6.18. The second-order valence-corrected chi connectivity index (χ2v) is 6.50. The molecule has 2 rings (SSSR count). The highest BCUT2D eigenvalue weighted by Gasteiger charge is 2.36. The predicted molar refractivity (Wildman–Crippen MR) is 75.1 cm³/mol. The normalized spacial score (nSPS) is 19.6. The summed E-state index contributed by atoms with van der Waals surface area (Å²) in [7, 11) is -2.47. The van der Waals surface area contributed by atoms with Crippen molar-refractivity contribution in [3.63, 3.8) is 0 Å². The SMILES string of the molecule is COC1CCN(S(=O)(=O)c2cc(NN)ccc2[N+](=O)[O-])C1. The van der Waals surface area contributed by atoms with E-state index in [9.17, 15) is 18.5 Å². The van der Waals surface area contributed by atoms with Crippen LogP contribution in [0.4, 0.5) is 11.4 Å². The number of nitro groups is 1. The van der Waals surface area contributed by atoms with Crippen LogP contribution in [0.1, 0.15) is 6.42 Å². The number of nitrogens with zero attached hydrogens (tertiary/aromatic N) is 2. The van der Waals surface area contributed by atoms with Crippen LogP contribution in [0.25, 0.3) is 0 Å². The zero-order chi connectivity index (χ0) is 15.6. The standard InChI is InChI=1S/C11H16N4O5S/c1-20-9-4-5-14(7-9)21(18,19)11-6-8(13-12)2-3-10(11)15(16)17/h2-3,6,9,13H,4-5,7,12H2,1H3. The minimum Gasteiger partial charge on any atom is -0.380 e. The average molecular weight is 316 g/mol. The van der Waals surface area contributed by atoms with Crippen molar-refractivity contribution in [2.24, 2.45) is 5.84 Å². The summed E-state index contributed by atoms with van der Waals surface area (Å²) in [6.07, 6.45) is 0.355. The molecule has 1 aromatic carbocycles. The number of anilines is 1. The molecule has 0 aliphatic carbocycles. The molecule has 0 radical (unpaired) electrons. The number of ether oxygens (including phenoxy) is 1. The van der Waals surface area contributed by atoms with Crippen LogP contribution in [-0.4, -0.2) is 43.9 Å². The molecule has 0 spiro atoms. The first kappa shape index (κ1) is 15.6. The van der Waals surface area contributed by atoms with Crippen molar-refractivity contribution in [2.45, 2.75) is 17.4 Å². The van der Waals surface area contributed by atoms with Gasteiger partial charge in [-0.2, -0.15) is 4.31 Å². The van der Waals surface area contributed by atoms with Crippen LogP contribution in [0.15, 0.2) is 23.1 Å². The number of nitrogens with two attached hydrogens (primary N) is 1. The molecular formula is C11H16N4O5S. The fourth-order valence-electron chi connectivity index (χ4n) is 2.21. The third kappa shape index (κ3) is 2.97. The van der Waals surface area contributed by atoms with Gasteiger partial charge in [0.25, 0.3) is 5.69 Å². The molecule has 1 unspecified atom stereocenters. The number of sulfonamides is 1. The van der Waals surface area contributed by atoms with Crippen LogP contribution < -0.4 is 11.3 Å². The summed E-state index contributed by atoms with van der Waals surface area (Å²) < 4.78 is 31.5. The van der Waals surface area contributed by atoms with Crippen molar-refractivity contribution in [2.75, 3.05) is 25.6 Å². The second-order valence-electron chi connectivity index (χ2n) is 4.59. The second kappa shape index (κ2) is 5.93. The maximum absolute atomic E-state index is 12.6. The Hall–Kier alpha value is -1.75. The van der Waals surface area contributed by atoms with Crippen LogP contribution in [-0.2, 0) is 14.8 Å². The Balaban J connectivity index is 2.46. The lowest BCUT2D eigenvalue weighted by molar-refractivity contribution is -0.387. The van der Waals surface area contributed by atoms with Gasteiger partial charge in [-0.1, -0.05) is 0 Å². The number of nitrogen functional groups attached to an aromatic ring is 1. The smallest absolute Gasteiger partial charge is 0.289 e. The molecule has 3 N–H and O–H groups in total. The summed E-state index contributed by atoms with van der Waals surface area (Å²) in [6.45, 7) is 0.439. The minimum absolute atomic E-state index is 0.177. The molecule has 21 heavy (non-hydrogen) atoms. The third-order valence-electron chi connectivity index (χ3n) is 3.38. The van der Waals surface area contributed by atoms with Gasteiger partial charge in [-0.25, -0.2) is 8.42 Å². The van der Waals surface area contributed by atoms with E-state index in [-0.39, 0.29) is 29.8 Å². The summed E-state index contributed by atoms with van der Waals surface area (Å²) in [5, 5.41) is 11.0. The van der Waals surface area contributed by atoms with Gasteiger partial charge in [-0.3, -0.25) is 16.0 Å². The molecule has 116 valence electrons. The maximum Gasteiger partial charge on any atom is 0.289 e. The molecule has 10 heteroatoms. The fourth-order valence-corrected chi connectivity index (χ4v) is 3.88. The molecule has 1 saturated heterocycles. The van der Waals surface area contributed by atoms with Crippen LogP contribution in [0, 0.1) is 10.1 Å². The number of hydrogen-bond acceptors (Lipinski definition) is 7. The van der Waals surface area contributed by atoms with E-state index in [4.69, 9.17) is 10.6 Å². The van der Waals surface area contributed by atoms with Gasteiger partial charge in [-0.15, -0.1) is 0 Å². The van der Waals surface area contributed by atoms with Crippen LogP contribution in [0.3, 0.4) is 0 Å². The molecule has 1 aromatic rings. The fraction of sp³-hybridized carbons (Fsp3) is 0.455. The highest BCUT2D eigenvalue weighted by molar-refractivity contribution is 7.89. The number of hydrazine groups is 1. The Bertz CT molecular complexity index is 648. The summed E-state index contributed by atoms with van der Waals surface area (Å²) in [6, 6.07) is 3.62. The molecule has 0 aromatic heterocycles.